The molecule has 1 heterocycles. The molecule has 0 aromatic heterocycles. The number of hydrogen-bond donors (Lipinski definition) is 1. The molecule has 152 valence electrons. The largest absolute Gasteiger partial charge is 0.324 e. The van der Waals surface area contributed by atoms with Crippen LogP contribution in [0.15, 0.2) is 53.4 Å². The summed E-state index contributed by atoms with van der Waals surface area (Å²) in [5.41, 5.74) is 0.807. The number of hydrogen-bond acceptors (Lipinski definition) is 5. The number of rotatable bonds is 5. The van der Waals surface area contributed by atoms with Crippen LogP contribution < -0.4 is 5.32 Å². The maximum Gasteiger partial charge on any atom is 0.246 e. The van der Waals surface area contributed by atoms with Crippen molar-refractivity contribution < 1.29 is 17.6 Å². The van der Waals surface area contributed by atoms with Crippen LogP contribution in [0.4, 0.5) is 10.1 Å². The molecule has 1 N–H and O–H groups in total. The molecular weight excluding hydrogens is 395 g/mol. The van der Waals surface area contributed by atoms with Crippen molar-refractivity contribution in [1.29, 1.82) is 5.26 Å². The van der Waals surface area contributed by atoms with Crippen LogP contribution in [0.25, 0.3) is 0 Å². The number of piperazine rings is 1. The molecule has 0 spiro atoms. The second-order valence-electron chi connectivity index (χ2n) is 6.69. The van der Waals surface area contributed by atoms with Crippen LogP contribution in [-0.4, -0.2) is 55.8 Å². The van der Waals surface area contributed by atoms with Gasteiger partial charge in [0.05, 0.1) is 17.3 Å². The number of nitriles is 1. The first-order valence-corrected chi connectivity index (χ1v) is 10.6. The van der Waals surface area contributed by atoms with Crippen molar-refractivity contribution in [3.05, 3.63) is 59.9 Å². The summed E-state index contributed by atoms with van der Waals surface area (Å²) < 4.78 is 40.5. The van der Waals surface area contributed by atoms with Gasteiger partial charge in [0.25, 0.3) is 0 Å². The molecule has 1 aliphatic rings. The summed E-state index contributed by atoms with van der Waals surface area (Å²) in [6.07, 6.45) is 0. The van der Waals surface area contributed by atoms with E-state index in [1.54, 1.807) is 31.2 Å². The molecule has 29 heavy (non-hydrogen) atoms. The Hall–Kier alpha value is -2.80. The quantitative estimate of drug-likeness (QED) is 0.805. The van der Waals surface area contributed by atoms with Crippen LogP contribution in [0, 0.1) is 17.1 Å². The minimum Gasteiger partial charge on any atom is -0.324 e. The Morgan fingerprint density at radius 1 is 1.10 bits per heavy atom. The number of nitrogens with zero attached hydrogens (tertiary/aromatic N) is 3. The molecular formula is C20H21FN4O3S. The maximum absolute atomic E-state index is 13.9. The van der Waals surface area contributed by atoms with Crippen molar-refractivity contribution >= 4 is 21.6 Å². The van der Waals surface area contributed by atoms with E-state index in [2.05, 4.69) is 5.32 Å². The van der Waals surface area contributed by atoms with Crippen molar-refractivity contribution in [3.8, 4) is 6.07 Å². The second-order valence-corrected chi connectivity index (χ2v) is 8.60. The number of halogens is 1. The zero-order chi connectivity index (χ0) is 21.0. The predicted molar refractivity (Wildman–Crippen MR) is 106 cm³/mol. The smallest absolute Gasteiger partial charge is 0.246 e. The molecule has 1 amide bonds. The van der Waals surface area contributed by atoms with Gasteiger partial charge in [-0.1, -0.05) is 24.3 Å². The number of carbonyl (C=O) groups excluding carboxylic acids is 1. The van der Waals surface area contributed by atoms with Crippen molar-refractivity contribution in [2.45, 2.75) is 17.9 Å². The molecule has 0 bridgehead atoms. The molecule has 0 aliphatic carbocycles. The molecule has 1 aliphatic heterocycles. The lowest BCUT2D eigenvalue weighted by Gasteiger charge is -2.36. The van der Waals surface area contributed by atoms with Gasteiger partial charge < -0.3 is 5.32 Å². The van der Waals surface area contributed by atoms with Gasteiger partial charge in [0, 0.05) is 26.2 Å². The number of amides is 1. The first-order chi connectivity index (χ1) is 13.8. The molecule has 2 aromatic rings. The number of sulfonamides is 1. The Bertz CT molecular complexity index is 1040. The summed E-state index contributed by atoms with van der Waals surface area (Å²) in [6.45, 7) is 2.71. The lowest BCUT2D eigenvalue weighted by Crippen LogP contribution is -2.54. The fourth-order valence-electron chi connectivity index (χ4n) is 3.22. The van der Waals surface area contributed by atoms with Crippen molar-refractivity contribution in [2.24, 2.45) is 0 Å². The Balaban J connectivity index is 1.64. The second kappa shape index (κ2) is 8.69. The highest BCUT2D eigenvalue weighted by atomic mass is 32.2. The van der Waals surface area contributed by atoms with E-state index in [0.29, 0.717) is 24.3 Å². The van der Waals surface area contributed by atoms with E-state index in [0.717, 1.165) is 6.07 Å². The number of anilines is 1. The maximum atomic E-state index is 13.9. The van der Waals surface area contributed by atoms with E-state index in [9.17, 15) is 17.6 Å². The number of carbonyl (C=O) groups is 1. The van der Waals surface area contributed by atoms with E-state index >= 15 is 0 Å². The van der Waals surface area contributed by atoms with Crippen LogP contribution in [0.3, 0.4) is 0 Å². The minimum atomic E-state index is -3.92. The van der Waals surface area contributed by atoms with Gasteiger partial charge in [-0.25, -0.2) is 12.8 Å². The lowest BCUT2D eigenvalue weighted by atomic mass is 10.1. The van der Waals surface area contributed by atoms with Crippen LogP contribution >= 0.6 is 0 Å². The minimum absolute atomic E-state index is 0.156. The van der Waals surface area contributed by atoms with Crippen molar-refractivity contribution in [2.75, 3.05) is 31.5 Å². The zero-order valence-corrected chi connectivity index (χ0v) is 16.7. The van der Waals surface area contributed by atoms with Crippen LogP contribution in [-0.2, 0) is 14.8 Å². The fourth-order valence-corrected chi connectivity index (χ4v) is 4.70. The van der Waals surface area contributed by atoms with Crippen molar-refractivity contribution in [3.63, 3.8) is 0 Å². The highest BCUT2D eigenvalue weighted by Crippen LogP contribution is 2.21. The lowest BCUT2D eigenvalue weighted by molar-refractivity contribution is -0.121. The van der Waals surface area contributed by atoms with Crippen molar-refractivity contribution in [1.82, 2.24) is 9.21 Å². The predicted octanol–water partition coefficient (Wildman–Crippen LogP) is 2.03. The van der Waals surface area contributed by atoms with Crippen LogP contribution in [0.2, 0.25) is 0 Å². The molecule has 0 saturated carbocycles. The Labute approximate surface area is 169 Å². The zero-order valence-electron chi connectivity index (χ0n) is 15.9. The molecule has 3 rings (SSSR count). The number of para-hydroxylation sites is 1. The third-order valence-corrected chi connectivity index (χ3v) is 6.89. The Kier molecular flexibility index (Phi) is 6.27. The number of benzene rings is 2. The molecule has 2 aromatic carbocycles. The van der Waals surface area contributed by atoms with E-state index in [-0.39, 0.29) is 23.9 Å². The topological polar surface area (TPSA) is 93.5 Å². The third-order valence-electron chi connectivity index (χ3n) is 4.96. The van der Waals surface area contributed by atoms with Gasteiger partial charge in [0.1, 0.15) is 16.8 Å². The van der Waals surface area contributed by atoms with Gasteiger partial charge in [-0.2, -0.15) is 9.57 Å². The van der Waals surface area contributed by atoms with Gasteiger partial charge >= 0.3 is 0 Å². The Morgan fingerprint density at radius 2 is 1.72 bits per heavy atom. The molecule has 9 heteroatoms. The molecule has 7 nitrogen and oxygen atoms in total. The van der Waals surface area contributed by atoms with Gasteiger partial charge in [-0.3, -0.25) is 9.69 Å². The standard InChI is InChI=1S/C20H21FN4O3S/c1-15(20(26)23-18-8-4-2-6-16(18)14-22)24-10-12-25(13-11-24)29(27,28)19-9-5-3-7-17(19)21/h2-9,15H,10-13H2,1H3,(H,23,26)/t15-/m0/s1. The SMILES string of the molecule is C[C@@H](C(=O)Nc1ccccc1C#N)N1CCN(S(=O)(=O)c2ccccc2F)CC1. The summed E-state index contributed by atoms with van der Waals surface area (Å²) in [7, 11) is -3.92. The average Bonchev–Trinajstić information content (AvgIpc) is 2.73. The van der Waals surface area contributed by atoms with E-state index in [1.165, 1.54) is 22.5 Å². The monoisotopic (exact) mass is 416 g/mol. The normalized spacial score (nSPS) is 16.7. The molecule has 0 radical (unpaired) electrons. The number of nitrogens with one attached hydrogen (secondary N) is 1. The molecule has 0 unspecified atom stereocenters. The first-order valence-electron chi connectivity index (χ1n) is 9.13. The van der Waals surface area contributed by atoms with Gasteiger partial charge in [0.2, 0.25) is 15.9 Å². The summed E-state index contributed by atoms with van der Waals surface area (Å²) in [6, 6.07) is 13.5. The highest BCUT2D eigenvalue weighted by Gasteiger charge is 2.33. The van der Waals surface area contributed by atoms with Crippen LogP contribution in [0.5, 0.6) is 0 Å². The van der Waals surface area contributed by atoms with Gasteiger partial charge in [0.15, 0.2) is 0 Å². The van der Waals surface area contributed by atoms with Gasteiger partial charge in [-0.05, 0) is 31.2 Å². The summed E-state index contributed by atoms with van der Waals surface area (Å²) in [5, 5.41) is 11.9. The van der Waals surface area contributed by atoms with Gasteiger partial charge in [-0.15, -0.1) is 0 Å². The summed E-state index contributed by atoms with van der Waals surface area (Å²) >= 11 is 0. The first kappa shape index (κ1) is 20.9. The highest BCUT2D eigenvalue weighted by molar-refractivity contribution is 7.89. The van der Waals surface area contributed by atoms with Crippen LogP contribution in [0.1, 0.15) is 12.5 Å². The fraction of sp³-hybridized carbons (Fsp3) is 0.300. The molecule has 1 atom stereocenters. The van der Waals surface area contributed by atoms with E-state index in [4.69, 9.17) is 5.26 Å². The molecule has 1 fully saturated rings. The Morgan fingerprint density at radius 3 is 2.38 bits per heavy atom. The summed E-state index contributed by atoms with van der Waals surface area (Å²) in [5.74, 6) is -1.06. The third kappa shape index (κ3) is 4.45. The molecule has 1 saturated heterocycles. The van der Waals surface area contributed by atoms with E-state index in [1.807, 2.05) is 11.0 Å². The van der Waals surface area contributed by atoms with E-state index < -0.39 is 21.9 Å². The summed E-state index contributed by atoms with van der Waals surface area (Å²) in [4.78, 5) is 14.1. The average molecular weight is 416 g/mol.